The summed E-state index contributed by atoms with van der Waals surface area (Å²) >= 11 is 5.69. The average Bonchev–Trinajstić information content (AvgIpc) is 1.95. The smallest absolute Gasteiger partial charge is 0.131 e. The quantitative estimate of drug-likeness (QED) is 0.566. The van der Waals surface area contributed by atoms with Crippen LogP contribution in [-0.2, 0) is 0 Å². The highest BCUT2D eigenvalue weighted by Crippen LogP contribution is 2.12. The largest absolute Gasteiger partial charge is 0.244 e. The Morgan fingerprint density at radius 3 is 2.90 bits per heavy atom. The second-order valence-electron chi connectivity index (χ2n) is 2.08. The minimum atomic E-state index is 0.561. The molecule has 0 aliphatic rings. The Morgan fingerprint density at radius 2 is 2.40 bits per heavy atom. The molecule has 0 saturated carbocycles. The van der Waals surface area contributed by atoms with Gasteiger partial charge < -0.3 is 0 Å². The number of nitrogens with zero attached hydrogens (tertiary/aromatic N) is 1. The minimum Gasteiger partial charge on any atom is -0.244 e. The highest BCUT2D eigenvalue weighted by molar-refractivity contribution is 6.30. The van der Waals surface area contributed by atoms with Crippen LogP contribution in [0.25, 0.3) is 6.08 Å². The van der Waals surface area contributed by atoms with Crippen molar-refractivity contribution in [3.8, 4) is 0 Å². The first kappa shape index (κ1) is 7.29. The van der Waals surface area contributed by atoms with Crippen LogP contribution >= 0.6 is 11.6 Å². The Kier molecular flexibility index (Phi) is 2.07. The van der Waals surface area contributed by atoms with Gasteiger partial charge in [0.05, 0.1) is 0 Å². The maximum Gasteiger partial charge on any atom is 0.131 e. The Morgan fingerprint density at radius 1 is 1.70 bits per heavy atom. The number of hydrogen-bond acceptors (Lipinski definition) is 1. The molecule has 0 amide bonds. The summed E-state index contributed by atoms with van der Waals surface area (Å²) < 4.78 is 0. The topological polar surface area (TPSA) is 12.9 Å². The molecule has 0 unspecified atom stereocenters. The van der Waals surface area contributed by atoms with Gasteiger partial charge in [-0.15, -0.1) is 0 Å². The highest BCUT2D eigenvalue weighted by atomic mass is 35.5. The summed E-state index contributed by atoms with van der Waals surface area (Å²) in [5.74, 6) is 0. The number of hydrogen-bond donors (Lipinski definition) is 0. The summed E-state index contributed by atoms with van der Waals surface area (Å²) in [4.78, 5) is 3.94. The number of pyridine rings is 1. The van der Waals surface area contributed by atoms with Gasteiger partial charge in [0.1, 0.15) is 5.15 Å². The van der Waals surface area contributed by atoms with Crippen LogP contribution in [0.5, 0.6) is 0 Å². The molecule has 1 heterocycles. The molecule has 0 N–H and O–H groups in total. The second-order valence-corrected chi connectivity index (χ2v) is 2.44. The molecule has 10 heavy (non-hydrogen) atoms. The summed E-state index contributed by atoms with van der Waals surface area (Å²) in [6.45, 7) is 5.54. The molecule has 0 atom stereocenters. The Hall–Kier alpha value is -0.820. The lowest BCUT2D eigenvalue weighted by Gasteiger charge is -1.96. The number of aromatic nitrogens is 1. The van der Waals surface area contributed by atoms with E-state index in [0.29, 0.717) is 5.15 Å². The molecule has 0 spiro atoms. The first-order valence-electron chi connectivity index (χ1n) is 2.98. The molecule has 2 heteroatoms. The van der Waals surface area contributed by atoms with Crippen molar-refractivity contribution in [1.82, 2.24) is 4.98 Å². The zero-order valence-electron chi connectivity index (χ0n) is 5.76. The maximum atomic E-state index is 5.69. The molecular formula is C8H8ClN. The third-order valence-electron chi connectivity index (χ3n) is 1.27. The molecule has 0 bridgehead atoms. The fraction of sp³-hybridized carbons (Fsp3) is 0.125. The predicted octanol–water partition coefficient (Wildman–Crippen LogP) is 2.69. The van der Waals surface area contributed by atoms with E-state index in [1.165, 1.54) is 0 Å². The molecule has 1 rings (SSSR count). The monoisotopic (exact) mass is 153 g/mol. The van der Waals surface area contributed by atoms with Crippen LogP contribution in [-0.4, -0.2) is 4.98 Å². The van der Waals surface area contributed by atoms with E-state index in [1.807, 2.05) is 13.0 Å². The van der Waals surface area contributed by atoms with Gasteiger partial charge in [0.2, 0.25) is 0 Å². The molecule has 0 aliphatic carbocycles. The lowest BCUT2D eigenvalue weighted by atomic mass is 10.2. The van der Waals surface area contributed by atoms with E-state index < -0.39 is 0 Å². The van der Waals surface area contributed by atoms with Crippen LogP contribution in [0.15, 0.2) is 18.8 Å². The fourth-order valence-corrected chi connectivity index (χ4v) is 0.795. The van der Waals surface area contributed by atoms with E-state index in [9.17, 15) is 0 Å². The molecule has 0 fully saturated rings. The van der Waals surface area contributed by atoms with E-state index in [-0.39, 0.29) is 0 Å². The zero-order chi connectivity index (χ0) is 7.56. The third-order valence-corrected chi connectivity index (χ3v) is 1.67. The van der Waals surface area contributed by atoms with Crippen molar-refractivity contribution < 1.29 is 0 Å². The van der Waals surface area contributed by atoms with Gasteiger partial charge in [-0.05, 0) is 24.1 Å². The molecule has 0 aliphatic heterocycles. The zero-order valence-corrected chi connectivity index (χ0v) is 6.52. The molecular weight excluding hydrogens is 146 g/mol. The summed E-state index contributed by atoms with van der Waals surface area (Å²) in [7, 11) is 0. The van der Waals surface area contributed by atoms with Gasteiger partial charge in [0.15, 0.2) is 0 Å². The molecule has 1 aromatic rings. The molecule has 52 valence electrons. The Labute approximate surface area is 65.4 Å². The van der Waals surface area contributed by atoms with Crippen molar-refractivity contribution in [3.05, 3.63) is 35.1 Å². The van der Waals surface area contributed by atoms with Crippen LogP contribution in [0.1, 0.15) is 11.1 Å². The minimum absolute atomic E-state index is 0.561. The fourth-order valence-electron chi connectivity index (χ4n) is 0.691. The standard InChI is InChI=1S/C8H8ClN/c1-3-7-4-6(2)8(9)10-5-7/h3-5H,1H2,2H3. The normalized spacial score (nSPS) is 9.40. The van der Waals surface area contributed by atoms with Crippen LogP contribution < -0.4 is 0 Å². The second kappa shape index (κ2) is 2.84. The van der Waals surface area contributed by atoms with E-state index in [4.69, 9.17) is 11.6 Å². The van der Waals surface area contributed by atoms with Crippen LogP contribution in [0.4, 0.5) is 0 Å². The SMILES string of the molecule is C=Cc1cnc(Cl)c(C)c1. The summed E-state index contributed by atoms with van der Waals surface area (Å²) in [5.41, 5.74) is 1.99. The van der Waals surface area contributed by atoms with Crippen LogP contribution in [0.2, 0.25) is 5.15 Å². The third kappa shape index (κ3) is 1.36. The molecule has 1 aromatic heterocycles. The number of halogens is 1. The van der Waals surface area contributed by atoms with E-state index in [2.05, 4.69) is 11.6 Å². The van der Waals surface area contributed by atoms with E-state index in [1.54, 1.807) is 12.3 Å². The summed E-state index contributed by atoms with van der Waals surface area (Å²) in [5, 5.41) is 0.561. The first-order chi connectivity index (χ1) is 4.74. The van der Waals surface area contributed by atoms with Crippen molar-refractivity contribution >= 4 is 17.7 Å². The van der Waals surface area contributed by atoms with Gasteiger partial charge in [0, 0.05) is 6.20 Å². The molecule has 0 radical (unpaired) electrons. The van der Waals surface area contributed by atoms with Gasteiger partial charge in [-0.3, -0.25) is 0 Å². The molecule has 0 aromatic carbocycles. The molecule has 1 nitrogen and oxygen atoms in total. The predicted molar refractivity (Wildman–Crippen MR) is 44.1 cm³/mol. The van der Waals surface area contributed by atoms with Crippen molar-refractivity contribution in [2.45, 2.75) is 6.92 Å². The van der Waals surface area contributed by atoms with Crippen molar-refractivity contribution in [3.63, 3.8) is 0 Å². The van der Waals surface area contributed by atoms with E-state index >= 15 is 0 Å². The van der Waals surface area contributed by atoms with Crippen molar-refractivity contribution in [2.75, 3.05) is 0 Å². The highest BCUT2D eigenvalue weighted by Gasteiger charge is 1.94. The van der Waals surface area contributed by atoms with Crippen molar-refractivity contribution in [2.24, 2.45) is 0 Å². The Balaban J connectivity index is 3.16. The van der Waals surface area contributed by atoms with Gasteiger partial charge in [0.25, 0.3) is 0 Å². The number of rotatable bonds is 1. The van der Waals surface area contributed by atoms with Gasteiger partial charge >= 0.3 is 0 Å². The summed E-state index contributed by atoms with van der Waals surface area (Å²) in [6.07, 6.45) is 3.44. The Bertz CT molecular complexity index is 255. The number of aryl methyl sites for hydroxylation is 1. The van der Waals surface area contributed by atoms with Crippen LogP contribution in [0, 0.1) is 6.92 Å². The lowest BCUT2D eigenvalue weighted by molar-refractivity contribution is 1.26. The first-order valence-corrected chi connectivity index (χ1v) is 3.36. The van der Waals surface area contributed by atoms with Gasteiger partial charge in [-0.25, -0.2) is 4.98 Å². The van der Waals surface area contributed by atoms with Crippen molar-refractivity contribution in [1.29, 1.82) is 0 Å². The maximum absolute atomic E-state index is 5.69. The van der Waals surface area contributed by atoms with Crippen LogP contribution in [0.3, 0.4) is 0 Å². The van der Waals surface area contributed by atoms with E-state index in [0.717, 1.165) is 11.1 Å². The van der Waals surface area contributed by atoms with Gasteiger partial charge in [-0.1, -0.05) is 24.3 Å². The average molecular weight is 154 g/mol. The summed E-state index contributed by atoms with van der Waals surface area (Å²) in [6, 6.07) is 1.95. The lowest BCUT2D eigenvalue weighted by Crippen LogP contribution is -1.81. The van der Waals surface area contributed by atoms with Gasteiger partial charge in [-0.2, -0.15) is 0 Å². The molecule has 0 saturated heterocycles.